The van der Waals surface area contributed by atoms with Crippen LogP contribution in [0.25, 0.3) is 0 Å². The Kier molecular flexibility index (Phi) is 3.36. The van der Waals surface area contributed by atoms with Gasteiger partial charge in [-0.15, -0.1) is 0 Å². The molecule has 0 unspecified atom stereocenters. The van der Waals surface area contributed by atoms with Gasteiger partial charge in [-0.25, -0.2) is 4.68 Å². The summed E-state index contributed by atoms with van der Waals surface area (Å²) in [4.78, 5) is 0. The summed E-state index contributed by atoms with van der Waals surface area (Å²) in [6.07, 6.45) is 1.05. The molecule has 1 rings (SSSR count). The Labute approximate surface area is 87.4 Å². The lowest BCUT2D eigenvalue weighted by Gasteiger charge is -2.00. The minimum atomic E-state index is 0.412. The predicted octanol–water partition coefficient (Wildman–Crippen LogP) is 2.76. The van der Waals surface area contributed by atoms with Gasteiger partial charge in [0.25, 0.3) is 0 Å². The molecule has 0 aromatic carbocycles. The Morgan fingerprint density at radius 3 is 2.54 bits per heavy atom. The van der Waals surface area contributed by atoms with E-state index in [9.17, 15) is 0 Å². The van der Waals surface area contributed by atoms with Crippen molar-refractivity contribution in [2.45, 2.75) is 39.7 Å². The number of aromatic nitrogens is 2. The molecule has 0 bridgehead atoms. The summed E-state index contributed by atoms with van der Waals surface area (Å²) < 4.78 is 2.82. The zero-order chi connectivity index (χ0) is 10.0. The van der Waals surface area contributed by atoms with Gasteiger partial charge in [-0.2, -0.15) is 5.10 Å². The fraction of sp³-hybridized carbons (Fsp3) is 0.667. The maximum atomic E-state index is 5.88. The molecular weight excluding hydrogens is 230 g/mol. The first-order chi connectivity index (χ1) is 6.07. The molecule has 0 aliphatic carbocycles. The van der Waals surface area contributed by atoms with E-state index >= 15 is 0 Å². The molecule has 2 N–H and O–H groups in total. The van der Waals surface area contributed by atoms with Crippen LogP contribution in [0.15, 0.2) is 4.47 Å². The van der Waals surface area contributed by atoms with Gasteiger partial charge in [0.1, 0.15) is 5.82 Å². The number of hydrogen-bond donors (Lipinski definition) is 1. The second kappa shape index (κ2) is 4.13. The van der Waals surface area contributed by atoms with Crippen molar-refractivity contribution in [3.63, 3.8) is 0 Å². The van der Waals surface area contributed by atoms with Crippen molar-refractivity contribution in [2.75, 3.05) is 5.73 Å². The summed E-state index contributed by atoms with van der Waals surface area (Å²) in [5, 5.41) is 4.44. The molecule has 0 saturated heterocycles. The van der Waals surface area contributed by atoms with Crippen LogP contribution in [0.2, 0.25) is 0 Å². The maximum Gasteiger partial charge on any atom is 0.136 e. The van der Waals surface area contributed by atoms with Crippen molar-refractivity contribution in [3.8, 4) is 0 Å². The topological polar surface area (TPSA) is 43.8 Å². The van der Waals surface area contributed by atoms with Crippen LogP contribution in [0.4, 0.5) is 5.82 Å². The maximum absolute atomic E-state index is 5.88. The normalized spacial score (nSPS) is 11.2. The minimum Gasteiger partial charge on any atom is -0.383 e. The summed E-state index contributed by atoms with van der Waals surface area (Å²) in [5.74, 6) is 1.15. The lowest BCUT2D eigenvalue weighted by molar-refractivity contribution is 0.595. The van der Waals surface area contributed by atoms with E-state index in [0.717, 1.165) is 29.0 Å². The highest BCUT2D eigenvalue weighted by molar-refractivity contribution is 9.10. The van der Waals surface area contributed by atoms with Crippen molar-refractivity contribution in [2.24, 2.45) is 0 Å². The highest BCUT2D eigenvalue weighted by Crippen LogP contribution is 2.29. The summed E-state index contributed by atoms with van der Waals surface area (Å²) in [7, 11) is 0. The molecule has 0 aliphatic rings. The fourth-order valence-electron chi connectivity index (χ4n) is 1.22. The first-order valence-corrected chi connectivity index (χ1v) is 5.38. The van der Waals surface area contributed by atoms with Crippen molar-refractivity contribution in [1.29, 1.82) is 0 Å². The standard InChI is InChI=1S/C9H16BrN3/c1-4-5-13-9(11)7(10)8(12-13)6(2)3/h6H,4-5,11H2,1-3H3. The molecule has 0 fully saturated rings. The van der Waals surface area contributed by atoms with Crippen LogP contribution < -0.4 is 5.73 Å². The number of nitrogens with two attached hydrogens (primary N) is 1. The number of hydrogen-bond acceptors (Lipinski definition) is 2. The number of halogens is 1. The monoisotopic (exact) mass is 245 g/mol. The van der Waals surface area contributed by atoms with Gasteiger partial charge in [-0.3, -0.25) is 0 Å². The Morgan fingerprint density at radius 1 is 1.54 bits per heavy atom. The fourth-order valence-corrected chi connectivity index (χ4v) is 1.97. The van der Waals surface area contributed by atoms with Gasteiger partial charge in [0.2, 0.25) is 0 Å². The van der Waals surface area contributed by atoms with E-state index in [2.05, 4.69) is 41.8 Å². The van der Waals surface area contributed by atoms with Crippen molar-refractivity contribution >= 4 is 21.7 Å². The zero-order valence-electron chi connectivity index (χ0n) is 8.34. The molecule has 4 heteroatoms. The van der Waals surface area contributed by atoms with E-state index < -0.39 is 0 Å². The largest absolute Gasteiger partial charge is 0.383 e. The molecule has 0 spiro atoms. The Morgan fingerprint density at radius 2 is 2.15 bits per heavy atom. The molecule has 0 atom stereocenters. The van der Waals surface area contributed by atoms with E-state index in [0.29, 0.717) is 5.92 Å². The number of rotatable bonds is 3. The van der Waals surface area contributed by atoms with E-state index in [1.54, 1.807) is 0 Å². The summed E-state index contributed by atoms with van der Waals surface area (Å²) in [6, 6.07) is 0. The molecule has 0 saturated carbocycles. The molecule has 74 valence electrons. The van der Waals surface area contributed by atoms with E-state index in [-0.39, 0.29) is 0 Å². The Balaban J connectivity index is 3.05. The van der Waals surface area contributed by atoms with Crippen LogP contribution in [0.5, 0.6) is 0 Å². The average Bonchev–Trinajstić information content (AvgIpc) is 2.33. The first kappa shape index (κ1) is 10.6. The molecule has 1 aromatic heterocycles. The first-order valence-electron chi connectivity index (χ1n) is 4.59. The van der Waals surface area contributed by atoms with E-state index in [1.165, 1.54) is 0 Å². The Bertz CT molecular complexity index is 291. The molecule has 3 nitrogen and oxygen atoms in total. The van der Waals surface area contributed by atoms with Gasteiger partial charge in [0, 0.05) is 6.54 Å². The van der Waals surface area contributed by atoms with Gasteiger partial charge in [-0.05, 0) is 28.3 Å². The summed E-state index contributed by atoms with van der Waals surface area (Å²) >= 11 is 3.46. The highest BCUT2D eigenvalue weighted by atomic mass is 79.9. The third kappa shape index (κ3) is 2.05. The lowest BCUT2D eigenvalue weighted by Crippen LogP contribution is -2.04. The number of anilines is 1. The minimum absolute atomic E-state index is 0.412. The number of nitrogen functional groups attached to an aromatic ring is 1. The average molecular weight is 246 g/mol. The van der Waals surface area contributed by atoms with Crippen LogP contribution in [0, 0.1) is 0 Å². The smallest absolute Gasteiger partial charge is 0.136 e. The van der Waals surface area contributed by atoms with Gasteiger partial charge in [-0.1, -0.05) is 20.8 Å². The van der Waals surface area contributed by atoms with Gasteiger partial charge < -0.3 is 5.73 Å². The third-order valence-electron chi connectivity index (χ3n) is 1.94. The molecular formula is C9H16BrN3. The molecule has 0 aliphatic heterocycles. The molecule has 0 amide bonds. The van der Waals surface area contributed by atoms with Gasteiger partial charge >= 0.3 is 0 Å². The second-order valence-corrected chi connectivity index (χ2v) is 4.26. The van der Waals surface area contributed by atoms with E-state index in [1.807, 2.05) is 4.68 Å². The highest BCUT2D eigenvalue weighted by Gasteiger charge is 2.14. The van der Waals surface area contributed by atoms with Crippen LogP contribution in [0.3, 0.4) is 0 Å². The van der Waals surface area contributed by atoms with Gasteiger partial charge in [0.15, 0.2) is 0 Å². The SMILES string of the molecule is CCCn1nc(C(C)C)c(Br)c1N. The summed E-state index contributed by atoms with van der Waals surface area (Å²) in [6.45, 7) is 7.23. The zero-order valence-corrected chi connectivity index (χ0v) is 9.93. The molecule has 1 heterocycles. The van der Waals surface area contributed by atoms with Crippen molar-refractivity contribution in [3.05, 3.63) is 10.2 Å². The Hall–Kier alpha value is -0.510. The third-order valence-corrected chi connectivity index (χ3v) is 2.75. The molecule has 13 heavy (non-hydrogen) atoms. The van der Waals surface area contributed by atoms with E-state index in [4.69, 9.17) is 5.73 Å². The van der Waals surface area contributed by atoms with Crippen LogP contribution in [0.1, 0.15) is 38.8 Å². The van der Waals surface area contributed by atoms with Crippen LogP contribution in [-0.2, 0) is 6.54 Å². The molecule has 0 radical (unpaired) electrons. The van der Waals surface area contributed by atoms with Crippen molar-refractivity contribution < 1.29 is 0 Å². The van der Waals surface area contributed by atoms with Crippen LogP contribution >= 0.6 is 15.9 Å². The summed E-state index contributed by atoms with van der Waals surface area (Å²) in [5.41, 5.74) is 6.93. The van der Waals surface area contributed by atoms with Crippen molar-refractivity contribution in [1.82, 2.24) is 9.78 Å². The quantitative estimate of drug-likeness (QED) is 0.891. The lowest BCUT2D eigenvalue weighted by atomic mass is 10.1. The molecule has 1 aromatic rings. The number of aryl methyl sites for hydroxylation is 1. The van der Waals surface area contributed by atoms with Crippen LogP contribution in [-0.4, -0.2) is 9.78 Å². The second-order valence-electron chi connectivity index (χ2n) is 3.46. The van der Waals surface area contributed by atoms with Gasteiger partial charge in [0.05, 0.1) is 10.2 Å². The number of nitrogens with zero attached hydrogens (tertiary/aromatic N) is 2. The predicted molar refractivity (Wildman–Crippen MR) is 58.7 cm³/mol.